The lowest BCUT2D eigenvalue weighted by molar-refractivity contribution is 0.311. The summed E-state index contributed by atoms with van der Waals surface area (Å²) in [5.41, 5.74) is 1.24. The molecule has 130 valence electrons. The van der Waals surface area contributed by atoms with Gasteiger partial charge in [0.25, 0.3) is 0 Å². The summed E-state index contributed by atoms with van der Waals surface area (Å²) in [6.07, 6.45) is 3.75. The number of aliphatic imine (C=N–C) groups is 1. The molecule has 0 fully saturated rings. The first-order chi connectivity index (χ1) is 11.7. The number of ether oxygens (including phenoxy) is 1. The van der Waals surface area contributed by atoms with Gasteiger partial charge in [0, 0.05) is 37.6 Å². The second-order valence-electron chi connectivity index (χ2n) is 5.56. The maximum Gasteiger partial charge on any atom is 0.190 e. The van der Waals surface area contributed by atoms with Crippen LogP contribution in [0.1, 0.15) is 21.9 Å². The van der Waals surface area contributed by atoms with Crippen LogP contribution < -0.4 is 15.4 Å². The molecule has 0 aliphatic carbocycles. The summed E-state index contributed by atoms with van der Waals surface area (Å²) in [6, 6.07) is 8.12. The van der Waals surface area contributed by atoms with Crippen molar-refractivity contribution >= 4 is 17.3 Å². The monoisotopic (exact) mass is 346 g/mol. The zero-order valence-electron chi connectivity index (χ0n) is 14.6. The fraction of sp³-hybridized carbons (Fsp3) is 0.444. The third-order valence-corrected chi connectivity index (χ3v) is 4.40. The number of aryl methyl sites for hydroxylation is 2. The zero-order valence-corrected chi connectivity index (χ0v) is 15.4. The van der Waals surface area contributed by atoms with Crippen LogP contribution in [-0.4, -0.2) is 37.7 Å². The number of thiazole rings is 1. The molecular weight excluding hydrogens is 320 g/mol. The Morgan fingerprint density at radius 3 is 2.58 bits per heavy atom. The lowest BCUT2D eigenvalue weighted by atomic mass is 10.2. The average Bonchev–Trinajstić information content (AvgIpc) is 3.00. The van der Waals surface area contributed by atoms with Crippen LogP contribution in [0, 0.1) is 13.8 Å². The van der Waals surface area contributed by atoms with Gasteiger partial charge in [0.05, 0.1) is 11.6 Å². The van der Waals surface area contributed by atoms with E-state index in [1.165, 1.54) is 10.4 Å². The van der Waals surface area contributed by atoms with E-state index >= 15 is 0 Å². The third-order valence-electron chi connectivity index (χ3n) is 3.43. The lowest BCUT2D eigenvalue weighted by Gasteiger charge is -2.11. The number of nitrogens with one attached hydrogen (secondary N) is 2. The Bertz CT molecular complexity index is 637. The van der Waals surface area contributed by atoms with Crippen molar-refractivity contribution in [2.24, 2.45) is 4.99 Å². The maximum absolute atomic E-state index is 5.71. The summed E-state index contributed by atoms with van der Waals surface area (Å²) >= 11 is 1.74. The van der Waals surface area contributed by atoms with E-state index in [4.69, 9.17) is 4.74 Å². The Morgan fingerprint density at radius 2 is 1.92 bits per heavy atom. The number of benzene rings is 1. The standard InChI is InChI=1S/C18H26N4OS/c1-14-5-7-16(8-6-14)23-12-4-10-20-18(19-3)21-11-9-17-22-13-15(2)24-17/h5-8,13H,4,9-12H2,1-3H3,(H2,19,20,21). The Hall–Kier alpha value is -2.08. The molecule has 6 heteroatoms. The smallest absolute Gasteiger partial charge is 0.190 e. The molecule has 2 rings (SSSR count). The van der Waals surface area contributed by atoms with Gasteiger partial charge in [-0.15, -0.1) is 11.3 Å². The van der Waals surface area contributed by atoms with Crippen molar-refractivity contribution in [3.8, 4) is 5.75 Å². The molecule has 5 nitrogen and oxygen atoms in total. The van der Waals surface area contributed by atoms with Crippen LogP contribution in [-0.2, 0) is 6.42 Å². The number of guanidine groups is 1. The highest BCUT2D eigenvalue weighted by Gasteiger charge is 2.01. The second-order valence-corrected chi connectivity index (χ2v) is 6.87. The van der Waals surface area contributed by atoms with Crippen molar-refractivity contribution in [2.45, 2.75) is 26.7 Å². The number of nitrogens with zero attached hydrogens (tertiary/aromatic N) is 2. The highest BCUT2D eigenvalue weighted by Crippen LogP contribution is 2.11. The van der Waals surface area contributed by atoms with Crippen molar-refractivity contribution in [1.82, 2.24) is 15.6 Å². The molecule has 1 heterocycles. The van der Waals surface area contributed by atoms with Gasteiger partial charge in [0.1, 0.15) is 5.75 Å². The SMILES string of the molecule is CN=C(NCCCOc1ccc(C)cc1)NCCc1ncc(C)s1. The molecule has 0 unspecified atom stereocenters. The van der Waals surface area contributed by atoms with Crippen LogP contribution >= 0.6 is 11.3 Å². The first kappa shape index (κ1) is 18.3. The topological polar surface area (TPSA) is 58.5 Å². The second kappa shape index (κ2) is 9.93. The maximum atomic E-state index is 5.71. The third kappa shape index (κ3) is 6.58. The highest BCUT2D eigenvalue weighted by atomic mass is 32.1. The summed E-state index contributed by atoms with van der Waals surface area (Å²) in [4.78, 5) is 9.84. The molecule has 2 aromatic rings. The molecule has 0 bridgehead atoms. The van der Waals surface area contributed by atoms with Crippen molar-refractivity contribution in [3.05, 3.63) is 45.9 Å². The van der Waals surface area contributed by atoms with E-state index in [1.54, 1.807) is 18.4 Å². The number of rotatable bonds is 8. The molecule has 0 amide bonds. The van der Waals surface area contributed by atoms with Gasteiger partial charge in [-0.2, -0.15) is 0 Å². The quantitative estimate of drug-likeness (QED) is 0.438. The van der Waals surface area contributed by atoms with E-state index in [0.29, 0.717) is 6.61 Å². The van der Waals surface area contributed by atoms with E-state index in [-0.39, 0.29) is 0 Å². The van der Waals surface area contributed by atoms with Crippen molar-refractivity contribution < 1.29 is 4.74 Å². The van der Waals surface area contributed by atoms with Crippen LogP contribution in [0.25, 0.3) is 0 Å². The lowest BCUT2D eigenvalue weighted by Crippen LogP contribution is -2.39. The Labute approximate surface area is 148 Å². The van der Waals surface area contributed by atoms with Gasteiger partial charge in [0.2, 0.25) is 0 Å². The Morgan fingerprint density at radius 1 is 1.17 bits per heavy atom. The Balaban J connectivity index is 1.57. The predicted octanol–water partition coefficient (Wildman–Crippen LogP) is 2.94. The van der Waals surface area contributed by atoms with Crippen molar-refractivity contribution in [3.63, 3.8) is 0 Å². The van der Waals surface area contributed by atoms with Crippen molar-refractivity contribution in [2.75, 3.05) is 26.7 Å². The molecule has 0 aliphatic rings. The summed E-state index contributed by atoms with van der Waals surface area (Å²) in [5, 5.41) is 7.76. The minimum absolute atomic E-state index is 0.686. The fourth-order valence-corrected chi connectivity index (χ4v) is 2.92. The summed E-state index contributed by atoms with van der Waals surface area (Å²) in [7, 11) is 1.78. The van der Waals surface area contributed by atoms with E-state index < -0.39 is 0 Å². The van der Waals surface area contributed by atoms with Gasteiger partial charge in [-0.25, -0.2) is 4.98 Å². The average molecular weight is 347 g/mol. The first-order valence-corrected chi connectivity index (χ1v) is 9.04. The molecule has 1 aromatic heterocycles. The normalized spacial score (nSPS) is 11.4. The zero-order chi connectivity index (χ0) is 17.2. The van der Waals surface area contributed by atoms with Gasteiger partial charge >= 0.3 is 0 Å². The molecule has 0 aliphatic heterocycles. The van der Waals surface area contributed by atoms with E-state index in [1.807, 2.05) is 18.3 Å². The van der Waals surface area contributed by atoms with Crippen LogP contribution in [0.15, 0.2) is 35.5 Å². The minimum Gasteiger partial charge on any atom is -0.494 e. The predicted molar refractivity (Wildman–Crippen MR) is 101 cm³/mol. The van der Waals surface area contributed by atoms with Crippen LogP contribution in [0.5, 0.6) is 5.75 Å². The first-order valence-electron chi connectivity index (χ1n) is 8.22. The molecule has 0 radical (unpaired) electrons. The van der Waals surface area contributed by atoms with Crippen molar-refractivity contribution in [1.29, 1.82) is 0 Å². The van der Waals surface area contributed by atoms with E-state index in [0.717, 1.165) is 42.6 Å². The molecule has 0 saturated heterocycles. The van der Waals surface area contributed by atoms with Crippen LogP contribution in [0.2, 0.25) is 0 Å². The molecule has 0 saturated carbocycles. The Kier molecular flexibility index (Phi) is 7.55. The largest absolute Gasteiger partial charge is 0.494 e. The summed E-state index contributed by atoms with van der Waals surface area (Å²) < 4.78 is 5.71. The van der Waals surface area contributed by atoms with Crippen LogP contribution in [0.3, 0.4) is 0 Å². The molecule has 1 aromatic carbocycles. The number of hydrogen-bond donors (Lipinski definition) is 2. The molecule has 24 heavy (non-hydrogen) atoms. The number of aromatic nitrogens is 1. The van der Waals surface area contributed by atoms with Gasteiger partial charge in [0.15, 0.2) is 5.96 Å². The molecule has 0 atom stereocenters. The molecular formula is C18H26N4OS. The van der Waals surface area contributed by atoms with Gasteiger partial charge in [-0.1, -0.05) is 17.7 Å². The van der Waals surface area contributed by atoms with Gasteiger partial charge in [-0.3, -0.25) is 4.99 Å². The summed E-state index contributed by atoms with van der Waals surface area (Å²) in [5.74, 6) is 1.74. The van der Waals surface area contributed by atoms with E-state index in [2.05, 4.69) is 46.6 Å². The van der Waals surface area contributed by atoms with Gasteiger partial charge < -0.3 is 15.4 Å². The fourth-order valence-electron chi connectivity index (χ4n) is 2.13. The van der Waals surface area contributed by atoms with E-state index in [9.17, 15) is 0 Å². The van der Waals surface area contributed by atoms with Gasteiger partial charge in [-0.05, 0) is 32.4 Å². The highest BCUT2D eigenvalue weighted by molar-refractivity contribution is 7.11. The summed E-state index contributed by atoms with van der Waals surface area (Å²) in [6.45, 7) is 6.48. The molecule has 0 spiro atoms. The molecule has 2 N–H and O–H groups in total. The van der Waals surface area contributed by atoms with Crippen LogP contribution in [0.4, 0.5) is 0 Å². The number of hydrogen-bond acceptors (Lipinski definition) is 4. The minimum atomic E-state index is 0.686.